The summed E-state index contributed by atoms with van der Waals surface area (Å²) in [5.74, 6) is 0. The van der Waals surface area contributed by atoms with Gasteiger partial charge >= 0.3 is 6.09 Å². The van der Waals surface area contributed by atoms with Crippen LogP contribution < -0.4 is 5.32 Å². The largest absolute Gasteiger partial charge is 0.448 e. The van der Waals surface area contributed by atoms with E-state index in [1.165, 1.54) is 12.8 Å². The van der Waals surface area contributed by atoms with E-state index in [9.17, 15) is 4.79 Å². The highest BCUT2D eigenvalue weighted by Crippen LogP contribution is 2.07. The third-order valence-corrected chi connectivity index (χ3v) is 2.61. The highest BCUT2D eigenvalue weighted by molar-refractivity contribution is 5.67. The molecule has 1 saturated heterocycles. The summed E-state index contributed by atoms with van der Waals surface area (Å²) in [6.45, 7) is 4.17. The van der Waals surface area contributed by atoms with Gasteiger partial charge in [-0.25, -0.2) is 4.79 Å². The Morgan fingerprint density at radius 1 is 1.57 bits per heavy atom. The minimum absolute atomic E-state index is 0.222. The zero-order valence-electron chi connectivity index (χ0n) is 9.08. The second-order valence-electron chi connectivity index (χ2n) is 3.74. The molecule has 4 heteroatoms. The van der Waals surface area contributed by atoms with E-state index in [2.05, 4.69) is 5.32 Å². The van der Waals surface area contributed by atoms with Crippen molar-refractivity contribution < 1.29 is 9.53 Å². The van der Waals surface area contributed by atoms with Crippen LogP contribution in [0.25, 0.3) is 0 Å². The molecule has 0 aliphatic carbocycles. The first-order valence-corrected chi connectivity index (χ1v) is 5.35. The van der Waals surface area contributed by atoms with Crippen molar-refractivity contribution >= 4 is 6.09 Å². The zero-order valence-corrected chi connectivity index (χ0v) is 9.08. The molecule has 0 radical (unpaired) electrons. The lowest BCUT2D eigenvalue weighted by atomic mass is 10.1. The number of rotatable bonds is 3. The van der Waals surface area contributed by atoms with Crippen molar-refractivity contribution in [3.05, 3.63) is 0 Å². The van der Waals surface area contributed by atoms with E-state index in [1.54, 1.807) is 11.9 Å². The van der Waals surface area contributed by atoms with Crippen LogP contribution in [0.2, 0.25) is 0 Å². The lowest BCUT2D eigenvalue weighted by Crippen LogP contribution is -2.39. The van der Waals surface area contributed by atoms with Gasteiger partial charge < -0.3 is 15.0 Å². The van der Waals surface area contributed by atoms with Gasteiger partial charge in [0.25, 0.3) is 0 Å². The summed E-state index contributed by atoms with van der Waals surface area (Å²) in [6, 6.07) is 0.359. The van der Waals surface area contributed by atoms with Crippen LogP contribution in [-0.4, -0.2) is 43.8 Å². The molecule has 82 valence electrons. The van der Waals surface area contributed by atoms with Crippen LogP contribution in [0.5, 0.6) is 0 Å². The summed E-state index contributed by atoms with van der Waals surface area (Å²) in [6.07, 6.45) is 3.36. The Morgan fingerprint density at radius 3 is 2.93 bits per heavy atom. The van der Waals surface area contributed by atoms with Crippen molar-refractivity contribution in [1.29, 1.82) is 0 Å². The summed E-state index contributed by atoms with van der Waals surface area (Å²) < 4.78 is 5.16. The van der Waals surface area contributed by atoms with E-state index < -0.39 is 0 Å². The van der Waals surface area contributed by atoms with Gasteiger partial charge in [-0.3, -0.25) is 0 Å². The first-order chi connectivity index (χ1) is 6.74. The highest BCUT2D eigenvalue weighted by Gasteiger charge is 2.15. The normalized spacial score (nSPS) is 21.7. The Kier molecular flexibility index (Phi) is 4.73. The third kappa shape index (κ3) is 3.54. The number of nitrogens with one attached hydrogen (secondary N) is 1. The fourth-order valence-corrected chi connectivity index (χ4v) is 1.48. The molecule has 1 rings (SSSR count). The van der Waals surface area contributed by atoms with Crippen LogP contribution in [0.4, 0.5) is 4.79 Å². The maximum absolute atomic E-state index is 11.3. The number of carbonyl (C=O) groups is 1. The predicted octanol–water partition coefficient (Wildman–Crippen LogP) is 1.22. The van der Waals surface area contributed by atoms with Crippen molar-refractivity contribution in [1.82, 2.24) is 10.2 Å². The van der Waals surface area contributed by atoms with Crippen molar-refractivity contribution in [2.45, 2.75) is 32.2 Å². The van der Waals surface area contributed by atoms with Crippen LogP contribution in [0.1, 0.15) is 26.2 Å². The first-order valence-electron chi connectivity index (χ1n) is 5.35. The van der Waals surface area contributed by atoms with Crippen LogP contribution in [0, 0.1) is 0 Å². The molecule has 1 aliphatic heterocycles. The Hall–Kier alpha value is -0.770. The Morgan fingerprint density at radius 2 is 2.36 bits per heavy atom. The molecule has 0 aromatic carbocycles. The highest BCUT2D eigenvalue weighted by atomic mass is 16.6. The number of amides is 1. The molecule has 0 bridgehead atoms. The van der Waals surface area contributed by atoms with Gasteiger partial charge in [0.05, 0.1) is 0 Å². The summed E-state index contributed by atoms with van der Waals surface area (Å²) in [7, 11) is 1.75. The summed E-state index contributed by atoms with van der Waals surface area (Å²) in [4.78, 5) is 12.9. The molecular formula is C10H20N2O2. The molecule has 14 heavy (non-hydrogen) atoms. The topological polar surface area (TPSA) is 41.6 Å². The summed E-state index contributed by atoms with van der Waals surface area (Å²) in [5.41, 5.74) is 0. The molecule has 0 aromatic rings. The maximum Gasteiger partial charge on any atom is 0.409 e. The Labute approximate surface area is 85.6 Å². The maximum atomic E-state index is 11.3. The average molecular weight is 200 g/mol. The average Bonchev–Trinajstić information content (AvgIpc) is 2.26. The van der Waals surface area contributed by atoms with Gasteiger partial charge in [0.15, 0.2) is 0 Å². The zero-order chi connectivity index (χ0) is 10.4. The molecule has 0 spiro atoms. The lowest BCUT2D eigenvalue weighted by molar-refractivity contribution is 0.0983. The van der Waals surface area contributed by atoms with Crippen LogP contribution >= 0.6 is 0 Å². The smallest absolute Gasteiger partial charge is 0.409 e. The molecular weight excluding hydrogens is 180 g/mol. The lowest BCUT2D eigenvalue weighted by Gasteiger charge is -2.24. The number of ether oxygens (including phenoxy) is 1. The number of hydrogen-bond donors (Lipinski definition) is 1. The Bertz CT molecular complexity index is 179. The second kappa shape index (κ2) is 5.86. The number of piperidine rings is 1. The SMILES string of the molecule is CCN(C)C(=O)OC[C@H]1CCCCN1. The number of hydrogen-bond acceptors (Lipinski definition) is 3. The number of carbonyl (C=O) groups excluding carboxylic acids is 1. The minimum Gasteiger partial charge on any atom is -0.448 e. The van der Waals surface area contributed by atoms with E-state index in [0.717, 1.165) is 13.0 Å². The molecule has 1 heterocycles. The fourth-order valence-electron chi connectivity index (χ4n) is 1.48. The predicted molar refractivity (Wildman–Crippen MR) is 55.3 cm³/mol. The molecule has 0 unspecified atom stereocenters. The molecule has 0 saturated carbocycles. The van der Waals surface area contributed by atoms with E-state index in [-0.39, 0.29) is 6.09 Å². The van der Waals surface area contributed by atoms with E-state index >= 15 is 0 Å². The van der Waals surface area contributed by atoms with Crippen molar-refractivity contribution in [3.63, 3.8) is 0 Å². The minimum atomic E-state index is -0.222. The third-order valence-electron chi connectivity index (χ3n) is 2.61. The van der Waals surface area contributed by atoms with E-state index in [1.807, 2.05) is 6.92 Å². The standard InChI is InChI=1S/C10H20N2O2/c1-3-12(2)10(13)14-8-9-6-4-5-7-11-9/h9,11H,3-8H2,1-2H3/t9-/m1/s1. The van der Waals surface area contributed by atoms with E-state index in [4.69, 9.17) is 4.74 Å². The molecule has 1 N–H and O–H groups in total. The second-order valence-corrected chi connectivity index (χ2v) is 3.74. The van der Waals surface area contributed by atoms with Gasteiger partial charge in [-0.1, -0.05) is 6.42 Å². The van der Waals surface area contributed by atoms with Crippen molar-refractivity contribution in [3.8, 4) is 0 Å². The molecule has 1 amide bonds. The quantitative estimate of drug-likeness (QED) is 0.744. The first kappa shape index (κ1) is 11.3. The summed E-state index contributed by atoms with van der Waals surface area (Å²) in [5, 5.41) is 3.34. The molecule has 1 aliphatic rings. The van der Waals surface area contributed by atoms with Gasteiger partial charge in [-0.2, -0.15) is 0 Å². The van der Waals surface area contributed by atoms with Crippen molar-refractivity contribution in [2.75, 3.05) is 26.7 Å². The summed E-state index contributed by atoms with van der Waals surface area (Å²) >= 11 is 0. The van der Waals surface area contributed by atoms with Gasteiger partial charge in [0.2, 0.25) is 0 Å². The van der Waals surface area contributed by atoms with E-state index in [0.29, 0.717) is 19.2 Å². The van der Waals surface area contributed by atoms with Crippen LogP contribution in [0.15, 0.2) is 0 Å². The number of nitrogens with zero attached hydrogens (tertiary/aromatic N) is 1. The van der Waals surface area contributed by atoms with Gasteiger partial charge in [0.1, 0.15) is 6.61 Å². The van der Waals surface area contributed by atoms with Crippen molar-refractivity contribution in [2.24, 2.45) is 0 Å². The fraction of sp³-hybridized carbons (Fsp3) is 0.900. The van der Waals surface area contributed by atoms with Crippen LogP contribution in [-0.2, 0) is 4.74 Å². The van der Waals surface area contributed by atoms with Gasteiger partial charge in [0, 0.05) is 19.6 Å². The van der Waals surface area contributed by atoms with Crippen LogP contribution in [0.3, 0.4) is 0 Å². The monoisotopic (exact) mass is 200 g/mol. The molecule has 1 fully saturated rings. The molecule has 0 aromatic heterocycles. The Balaban J connectivity index is 2.15. The molecule has 1 atom stereocenters. The van der Waals surface area contributed by atoms with Gasteiger partial charge in [-0.05, 0) is 26.3 Å². The van der Waals surface area contributed by atoms with Gasteiger partial charge in [-0.15, -0.1) is 0 Å². The molecule has 4 nitrogen and oxygen atoms in total.